The molecule has 0 aliphatic carbocycles. The highest BCUT2D eigenvalue weighted by molar-refractivity contribution is 5.43. The smallest absolute Gasteiger partial charge is 0.422 e. The normalized spacial score (nSPS) is 10.8. The first kappa shape index (κ1) is 29.2. The van der Waals surface area contributed by atoms with Crippen molar-refractivity contribution in [1.82, 2.24) is 9.97 Å². The van der Waals surface area contributed by atoms with Crippen LogP contribution in [0.15, 0.2) is 24.5 Å². The minimum Gasteiger partial charge on any atom is -0.477 e. The molecule has 2 rings (SSSR count). The molecule has 0 aromatic carbocycles. The van der Waals surface area contributed by atoms with E-state index in [1.54, 1.807) is 0 Å². The molecule has 0 amide bonds. The van der Waals surface area contributed by atoms with Crippen LogP contribution in [0.3, 0.4) is 0 Å². The summed E-state index contributed by atoms with van der Waals surface area (Å²) in [6.45, 7) is -3.47. The van der Waals surface area contributed by atoms with Crippen molar-refractivity contribution in [2.24, 2.45) is 0 Å². The van der Waals surface area contributed by atoms with Crippen LogP contribution in [0.4, 0.5) is 50.9 Å². The van der Waals surface area contributed by atoms with Crippen molar-refractivity contribution in [3.8, 4) is 5.75 Å². The average Bonchev–Trinajstić information content (AvgIpc) is 2.65. The highest BCUT2D eigenvalue weighted by Crippen LogP contribution is 2.27. The van der Waals surface area contributed by atoms with Crippen LogP contribution in [-0.4, -0.2) is 50.5 Å². The molecule has 0 saturated heterocycles. The molecule has 0 atom stereocenters. The van der Waals surface area contributed by atoms with Crippen molar-refractivity contribution in [2.75, 3.05) is 13.2 Å². The number of nitro groups is 2. The van der Waals surface area contributed by atoms with Crippen LogP contribution < -0.4 is 4.74 Å². The van der Waals surface area contributed by atoms with E-state index in [1.165, 1.54) is 0 Å². The third-order valence-electron chi connectivity index (χ3n) is 2.58. The zero-order chi connectivity index (χ0) is 26.0. The van der Waals surface area contributed by atoms with Crippen molar-refractivity contribution in [3.63, 3.8) is 0 Å². The number of pyridine rings is 2. The van der Waals surface area contributed by atoms with Crippen molar-refractivity contribution >= 4 is 11.4 Å². The third-order valence-corrected chi connectivity index (χ3v) is 2.58. The fraction of sp³-hybridized carbons (Fsp3) is 0.286. The Kier molecular flexibility index (Phi) is 10.9. The van der Waals surface area contributed by atoms with Gasteiger partial charge in [-0.1, -0.05) is 0 Å². The number of halogens is 9. The summed E-state index contributed by atoms with van der Waals surface area (Å²) in [4.78, 5) is 24.1. The van der Waals surface area contributed by atoms with Gasteiger partial charge in [0, 0.05) is 12.1 Å². The zero-order valence-electron chi connectivity index (χ0n) is 15.4. The highest BCUT2D eigenvalue weighted by atomic mass is 19.4. The Balaban J connectivity index is 0.000000520. The second kappa shape index (κ2) is 12.3. The van der Waals surface area contributed by atoms with Crippen LogP contribution in [0.1, 0.15) is 0 Å². The Labute approximate surface area is 175 Å². The van der Waals surface area contributed by atoms with Gasteiger partial charge in [-0.3, -0.25) is 20.2 Å². The minimum absolute atomic E-state index is 0.359. The van der Waals surface area contributed by atoms with Gasteiger partial charge in [-0.05, 0) is 0 Å². The topological polar surface area (TPSA) is 142 Å². The quantitative estimate of drug-likeness (QED) is 0.289. The van der Waals surface area contributed by atoms with E-state index in [-0.39, 0.29) is 0 Å². The Morgan fingerprint density at radius 1 is 0.848 bits per heavy atom. The molecule has 0 radical (unpaired) electrons. The third kappa shape index (κ3) is 12.6. The van der Waals surface area contributed by atoms with Gasteiger partial charge in [0.25, 0.3) is 0 Å². The molecule has 0 aliphatic heterocycles. The lowest BCUT2D eigenvalue weighted by Crippen LogP contribution is -2.19. The van der Waals surface area contributed by atoms with E-state index in [0.717, 1.165) is 0 Å². The van der Waals surface area contributed by atoms with Gasteiger partial charge in [0.15, 0.2) is 6.61 Å². The van der Waals surface area contributed by atoms with Crippen LogP contribution in [-0.2, 0) is 0 Å². The first-order valence-electron chi connectivity index (χ1n) is 7.59. The summed E-state index contributed by atoms with van der Waals surface area (Å²) in [5.41, 5.74) is -1.66. The molecule has 0 spiro atoms. The summed E-state index contributed by atoms with van der Waals surface area (Å²) in [5.74, 6) is -4.27. The van der Waals surface area contributed by atoms with E-state index in [1.807, 2.05) is 0 Å². The van der Waals surface area contributed by atoms with E-state index in [4.69, 9.17) is 5.11 Å². The lowest BCUT2D eigenvalue weighted by molar-refractivity contribution is -0.387. The highest BCUT2D eigenvalue weighted by Gasteiger charge is 2.30. The molecule has 19 heteroatoms. The molecule has 33 heavy (non-hydrogen) atoms. The number of aromatic nitrogens is 2. The molecule has 2 aromatic heterocycles. The summed E-state index contributed by atoms with van der Waals surface area (Å²) in [6.07, 6.45) is -8.04. The van der Waals surface area contributed by atoms with Crippen LogP contribution in [0, 0.1) is 37.9 Å². The number of aliphatic hydroxyl groups is 1. The maximum atomic E-state index is 12.5. The molecule has 0 saturated carbocycles. The van der Waals surface area contributed by atoms with E-state index < -0.39 is 70.2 Å². The lowest BCUT2D eigenvalue weighted by Gasteiger charge is -2.08. The maximum Gasteiger partial charge on any atom is 0.422 e. The summed E-state index contributed by atoms with van der Waals surface area (Å²) in [7, 11) is 0. The van der Waals surface area contributed by atoms with Crippen molar-refractivity contribution in [3.05, 3.63) is 62.5 Å². The summed E-state index contributed by atoms with van der Waals surface area (Å²) < 4.78 is 108. The van der Waals surface area contributed by atoms with Crippen LogP contribution in [0.5, 0.6) is 5.75 Å². The van der Waals surface area contributed by atoms with Gasteiger partial charge in [0.2, 0.25) is 23.5 Å². The number of hydrogen-bond acceptors (Lipinski definition) is 8. The van der Waals surface area contributed by atoms with E-state index in [0.29, 0.717) is 24.5 Å². The van der Waals surface area contributed by atoms with Gasteiger partial charge < -0.3 is 9.84 Å². The zero-order valence-corrected chi connectivity index (χ0v) is 15.4. The molecule has 0 unspecified atom stereocenters. The molecule has 0 aliphatic rings. The second-order valence-electron chi connectivity index (χ2n) is 5.12. The molecule has 184 valence electrons. The van der Waals surface area contributed by atoms with Gasteiger partial charge in [0.05, 0.1) is 9.85 Å². The van der Waals surface area contributed by atoms with Crippen LogP contribution >= 0.6 is 0 Å². The average molecular weight is 500 g/mol. The Bertz CT molecular complexity index is 956. The minimum atomic E-state index is -4.66. The maximum absolute atomic E-state index is 12.5. The first-order chi connectivity index (χ1) is 15.0. The van der Waals surface area contributed by atoms with Gasteiger partial charge >= 0.3 is 23.7 Å². The fourth-order valence-electron chi connectivity index (χ4n) is 1.35. The molecular weight excluding hydrogens is 491 g/mol. The number of aliphatic hydroxyl groups excluding tert-OH is 1. The molecule has 0 bridgehead atoms. The van der Waals surface area contributed by atoms with E-state index >= 15 is 0 Å². The monoisotopic (exact) mass is 500 g/mol. The Hall–Kier alpha value is -3.77. The van der Waals surface area contributed by atoms with E-state index in [9.17, 15) is 59.7 Å². The fourth-order valence-corrected chi connectivity index (χ4v) is 1.35. The van der Waals surface area contributed by atoms with Gasteiger partial charge in [0.1, 0.15) is 19.0 Å². The summed E-state index contributed by atoms with van der Waals surface area (Å²) in [6, 6.07) is 0.780. The standard InChI is InChI=1S/C7H4F4N2O3.C5H2F2N2O2.C2H3F3O/c8-6-1-5(16-3-7(9,10)11)4(2-12-6)13(14)15;6-3-1-5(7)8-2-4(3)9(10)11;3-2(4,5)1-6/h1-2H,3H2;1-2H;6H,1H2. The van der Waals surface area contributed by atoms with Crippen molar-refractivity contribution < 1.29 is 59.2 Å². The van der Waals surface area contributed by atoms with Crippen molar-refractivity contribution in [1.29, 1.82) is 0 Å². The Morgan fingerprint density at radius 3 is 1.64 bits per heavy atom. The second-order valence-corrected chi connectivity index (χ2v) is 5.12. The number of nitrogens with zero attached hydrogens (tertiary/aromatic N) is 4. The predicted molar refractivity (Wildman–Crippen MR) is 86.3 cm³/mol. The Morgan fingerprint density at radius 2 is 1.27 bits per heavy atom. The molecular formula is C14H9F9N4O6. The molecule has 0 fully saturated rings. The van der Waals surface area contributed by atoms with Gasteiger partial charge in [-0.15, -0.1) is 0 Å². The molecule has 2 heterocycles. The molecule has 2 aromatic rings. The van der Waals surface area contributed by atoms with Gasteiger partial charge in [-0.2, -0.15) is 39.5 Å². The summed E-state index contributed by atoms with van der Waals surface area (Å²) in [5, 5.41) is 27.6. The number of ether oxygens (including phenoxy) is 1. The SMILES string of the molecule is O=[N+]([O-])c1cnc(F)cc1F.O=[N+]([O-])c1cnc(F)cc1OCC(F)(F)F.OCC(F)(F)F. The van der Waals surface area contributed by atoms with E-state index in [2.05, 4.69) is 14.7 Å². The largest absolute Gasteiger partial charge is 0.477 e. The molecule has 1 N–H and O–H groups in total. The number of alkyl halides is 6. The number of rotatable bonds is 4. The summed E-state index contributed by atoms with van der Waals surface area (Å²) >= 11 is 0. The predicted octanol–water partition coefficient (Wildman–Crippen LogP) is 3.88. The van der Waals surface area contributed by atoms with Crippen LogP contribution in [0.25, 0.3) is 0 Å². The van der Waals surface area contributed by atoms with Crippen LogP contribution in [0.2, 0.25) is 0 Å². The molecule has 10 nitrogen and oxygen atoms in total. The van der Waals surface area contributed by atoms with Gasteiger partial charge in [-0.25, -0.2) is 9.97 Å². The lowest BCUT2D eigenvalue weighted by atomic mass is 10.4. The first-order valence-corrected chi connectivity index (χ1v) is 7.59. The number of hydrogen-bond donors (Lipinski definition) is 1. The van der Waals surface area contributed by atoms with Crippen molar-refractivity contribution in [2.45, 2.75) is 12.4 Å².